The molecule has 4 nitrogen and oxygen atoms in total. The lowest BCUT2D eigenvalue weighted by Crippen LogP contribution is -2.25. The third-order valence-corrected chi connectivity index (χ3v) is 4.33. The fourth-order valence-corrected chi connectivity index (χ4v) is 3.07. The van der Waals surface area contributed by atoms with Crippen LogP contribution >= 0.6 is 22.9 Å². The predicted molar refractivity (Wildman–Crippen MR) is 87.9 cm³/mol. The Kier molecular flexibility index (Phi) is 4.64. The first-order valence-corrected chi connectivity index (χ1v) is 7.98. The highest BCUT2D eigenvalue weighted by Crippen LogP contribution is 2.25. The molecule has 0 atom stereocenters. The molecule has 3 rings (SSSR count). The van der Waals surface area contributed by atoms with Crippen molar-refractivity contribution >= 4 is 28.8 Å². The molecular formula is C16H11ClFN3OS. The highest BCUT2D eigenvalue weighted by atomic mass is 35.5. The maximum absolute atomic E-state index is 13.8. The summed E-state index contributed by atoms with van der Waals surface area (Å²) in [5.41, 5.74) is 1.13. The van der Waals surface area contributed by atoms with Gasteiger partial charge in [0.15, 0.2) is 0 Å². The molecule has 0 unspecified atom stereocenters. The molecular weight excluding hydrogens is 337 g/mol. The van der Waals surface area contributed by atoms with Gasteiger partial charge in [-0.3, -0.25) is 14.8 Å². The Bertz CT molecular complexity index is 819. The van der Waals surface area contributed by atoms with Gasteiger partial charge in [0.25, 0.3) is 5.91 Å². The first-order valence-electron chi connectivity index (χ1n) is 6.73. The molecule has 0 aliphatic carbocycles. The zero-order valence-corrected chi connectivity index (χ0v) is 13.4. The molecule has 3 aromatic rings. The summed E-state index contributed by atoms with van der Waals surface area (Å²) in [4.78, 5) is 21.7. The van der Waals surface area contributed by atoms with Gasteiger partial charge in [-0.15, -0.1) is 11.3 Å². The number of nitrogens with one attached hydrogen (secondary N) is 1. The van der Waals surface area contributed by atoms with E-state index in [0.717, 1.165) is 4.88 Å². The highest BCUT2D eigenvalue weighted by Gasteiger charge is 2.16. The van der Waals surface area contributed by atoms with E-state index < -0.39 is 11.7 Å². The van der Waals surface area contributed by atoms with E-state index in [1.54, 1.807) is 12.4 Å². The number of nitrogens with zero attached hydrogens (tertiary/aromatic N) is 2. The molecule has 7 heteroatoms. The van der Waals surface area contributed by atoms with E-state index in [-0.39, 0.29) is 17.1 Å². The minimum Gasteiger partial charge on any atom is -0.346 e. The molecule has 0 fully saturated rings. The third kappa shape index (κ3) is 3.38. The average molecular weight is 348 g/mol. The van der Waals surface area contributed by atoms with Gasteiger partial charge in [-0.2, -0.15) is 0 Å². The van der Waals surface area contributed by atoms with Crippen molar-refractivity contribution < 1.29 is 9.18 Å². The van der Waals surface area contributed by atoms with Crippen LogP contribution in [0.25, 0.3) is 10.6 Å². The third-order valence-electron chi connectivity index (χ3n) is 3.13. The molecule has 0 bridgehead atoms. The van der Waals surface area contributed by atoms with E-state index in [1.165, 1.54) is 29.5 Å². The molecule has 0 spiro atoms. The minimum absolute atomic E-state index is 0.0696. The number of benzene rings is 1. The van der Waals surface area contributed by atoms with Crippen LogP contribution in [0, 0.1) is 5.82 Å². The van der Waals surface area contributed by atoms with E-state index in [0.29, 0.717) is 11.4 Å². The van der Waals surface area contributed by atoms with Crippen LogP contribution in [0.3, 0.4) is 0 Å². The number of rotatable bonds is 4. The topological polar surface area (TPSA) is 54.9 Å². The van der Waals surface area contributed by atoms with Crippen LogP contribution in [0.4, 0.5) is 4.39 Å². The van der Waals surface area contributed by atoms with E-state index >= 15 is 0 Å². The van der Waals surface area contributed by atoms with Crippen LogP contribution in [0.15, 0.2) is 48.1 Å². The van der Waals surface area contributed by atoms with Gasteiger partial charge in [0.05, 0.1) is 27.7 Å². The van der Waals surface area contributed by atoms with Gasteiger partial charge in [-0.25, -0.2) is 4.39 Å². The summed E-state index contributed by atoms with van der Waals surface area (Å²) >= 11 is 7.42. The van der Waals surface area contributed by atoms with Gasteiger partial charge in [-0.1, -0.05) is 23.7 Å². The molecule has 1 amide bonds. The summed E-state index contributed by atoms with van der Waals surface area (Å²) in [6.07, 6.45) is 3.14. The number of carbonyl (C=O) groups is 1. The summed E-state index contributed by atoms with van der Waals surface area (Å²) in [6.45, 7) is 0.130. The molecule has 116 valence electrons. The maximum Gasteiger partial charge on any atom is 0.256 e. The molecule has 0 saturated heterocycles. The molecule has 0 radical (unpaired) electrons. The van der Waals surface area contributed by atoms with Crippen LogP contribution in [0.2, 0.25) is 5.02 Å². The zero-order valence-electron chi connectivity index (χ0n) is 11.8. The van der Waals surface area contributed by atoms with E-state index in [1.807, 2.05) is 17.5 Å². The Morgan fingerprint density at radius 2 is 2.04 bits per heavy atom. The molecule has 2 heterocycles. The van der Waals surface area contributed by atoms with Crippen molar-refractivity contribution in [1.29, 1.82) is 0 Å². The van der Waals surface area contributed by atoms with Gasteiger partial charge in [0.2, 0.25) is 0 Å². The highest BCUT2D eigenvalue weighted by molar-refractivity contribution is 7.13. The van der Waals surface area contributed by atoms with Gasteiger partial charge < -0.3 is 5.32 Å². The van der Waals surface area contributed by atoms with E-state index in [2.05, 4.69) is 15.3 Å². The van der Waals surface area contributed by atoms with E-state index in [9.17, 15) is 9.18 Å². The number of halogens is 2. The van der Waals surface area contributed by atoms with Gasteiger partial charge >= 0.3 is 0 Å². The van der Waals surface area contributed by atoms with Gasteiger partial charge in [0, 0.05) is 12.4 Å². The summed E-state index contributed by atoms with van der Waals surface area (Å²) in [6, 6.07) is 7.95. The largest absolute Gasteiger partial charge is 0.346 e. The van der Waals surface area contributed by atoms with Crippen LogP contribution in [0.1, 0.15) is 16.1 Å². The first-order chi connectivity index (χ1) is 11.2. The normalized spacial score (nSPS) is 10.5. The molecule has 0 saturated carbocycles. The zero-order chi connectivity index (χ0) is 16.2. The monoisotopic (exact) mass is 347 g/mol. The van der Waals surface area contributed by atoms with Gasteiger partial charge in [0.1, 0.15) is 11.5 Å². The average Bonchev–Trinajstić information content (AvgIpc) is 3.07. The smallest absolute Gasteiger partial charge is 0.256 e. The first kappa shape index (κ1) is 15.6. The second kappa shape index (κ2) is 6.85. The lowest BCUT2D eigenvalue weighted by Gasteiger charge is -2.09. The number of aromatic nitrogens is 2. The molecule has 1 N–H and O–H groups in total. The van der Waals surface area contributed by atoms with Crippen molar-refractivity contribution in [3.05, 3.63) is 70.2 Å². The molecule has 0 aliphatic heterocycles. The maximum atomic E-state index is 13.8. The molecule has 0 aliphatic rings. The molecule has 23 heavy (non-hydrogen) atoms. The van der Waals surface area contributed by atoms with Crippen molar-refractivity contribution in [3.63, 3.8) is 0 Å². The van der Waals surface area contributed by atoms with Crippen molar-refractivity contribution in [3.8, 4) is 10.6 Å². The Morgan fingerprint density at radius 1 is 1.22 bits per heavy atom. The second-order valence-corrected chi connectivity index (χ2v) is 5.96. The van der Waals surface area contributed by atoms with Crippen LogP contribution in [0.5, 0.6) is 0 Å². The Balaban J connectivity index is 1.81. The Labute approximate surface area is 141 Å². The molecule has 2 aromatic heterocycles. The predicted octanol–water partition coefficient (Wildman–Crippen LogP) is 3.93. The van der Waals surface area contributed by atoms with Crippen LogP contribution < -0.4 is 5.32 Å². The SMILES string of the molecule is O=C(NCc1nccnc1-c1cccs1)c1c(F)cccc1Cl. The summed E-state index contributed by atoms with van der Waals surface area (Å²) in [7, 11) is 0. The fraction of sp³-hybridized carbons (Fsp3) is 0.0625. The number of thiophene rings is 1. The van der Waals surface area contributed by atoms with E-state index in [4.69, 9.17) is 11.6 Å². The van der Waals surface area contributed by atoms with Crippen molar-refractivity contribution in [2.45, 2.75) is 6.54 Å². The van der Waals surface area contributed by atoms with Crippen LogP contribution in [-0.2, 0) is 6.54 Å². The summed E-state index contributed by atoms with van der Waals surface area (Å²) < 4.78 is 13.8. The Hall–Kier alpha value is -2.31. The standard InChI is InChI=1S/C16H11ClFN3OS/c17-10-3-1-4-11(18)14(10)16(22)21-9-12-15(20-7-6-19-12)13-5-2-8-23-13/h1-8H,9H2,(H,21,22). The van der Waals surface area contributed by atoms with Crippen molar-refractivity contribution in [2.75, 3.05) is 0 Å². The Morgan fingerprint density at radius 3 is 2.78 bits per heavy atom. The lowest BCUT2D eigenvalue weighted by molar-refractivity contribution is 0.0946. The number of amides is 1. The summed E-state index contributed by atoms with van der Waals surface area (Å²) in [5, 5.41) is 4.64. The summed E-state index contributed by atoms with van der Waals surface area (Å²) in [5.74, 6) is -1.25. The number of hydrogen-bond donors (Lipinski definition) is 1. The quantitative estimate of drug-likeness (QED) is 0.778. The molecule has 1 aromatic carbocycles. The fourth-order valence-electron chi connectivity index (χ4n) is 2.08. The van der Waals surface area contributed by atoms with Gasteiger partial charge in [-0.05, 0) is 23.6 Å². The second-order valence-electron chi connectivity index (χ2n) is 4.61. The van der Waals surface area contributed by atoms with Crippen molar-refractivity contribution in [1.82, 2.24) is 15.3 Å². The number of carbonyl (C=O) groups excluding carboxylic acids is 1. The minimum atomic E-state index is -0.660. The van der Waals surface area contributed by atoms with Crippen LogP contribution in [-0.4, -0.2) is 15.9 Å². The van der Waals surface area contributed by atoms with Crippen molar-refractivity contribution in [2.24, 2.45) is 0 Å². The lowest BCUT2D eigenvalue weighted by atomic mass is 10.2. The number of hydrogen-bond acceptors (Lipinski definition) is 4.